The first-order valence-corrected chi connectivity index (χ1v) is 7.58. The van der Waals surface area contributed by atoms with Crippen molar-refractivity contribution in [2.45, 2.75) is 17.6 Å². The van der Waals surface area contributed by atoms with Crippen molar-refractivity contribution in [1.29, 1.82) is 0 Å². The molecular formula is C11H12N2O3S2. The fourth-order valence-electron chi connectivity index (χ4n) is 1.35. The largest absolute Gasteiger partial charge is 0.504 e. The Morgan fingerprint density at radius 3 is 2.78 bits per heavy atom. The molecule has 0 unspecified atom stereocenters. The Labute approximate surface area is 109 Å². The quantitative estimate of drug-likeness (QED) is 0.902. The fourth-order valence-corrected chi connectivity index (χ4v) is 3.67. The maximum Gasteiger partial charge on any atom is 0.272 e. The molecule has 2 rings (SSSR count). The Morgan fingerprint density at radius 2 is 2.17 bits per heavy atom. The summed E-state index contributed by atoms with van der Waals surface area (Å²) < 4.78 is 26.5. The molecule has 0 saturated carbocycles. The Balaban J connectivity index is 2.30. The van der Waals surface area contributed by atoms with Crippen LogP contribution in [0.2, 0.25) is 0 Å². The molecule has 2 heterocycles. The molecule has 0 fully saturated rings. The highest BCUT2D eigenvalue weighted by Gasteiger charge is 2.18. The number of nitrogens with one attached hydrogen (secondary N) is 1. The highest BCUT2D eigenvalue weighted by molar-refractivity contribution is 7.94. The minimum atomic E-state index is -3.68. The molecule has 0 radical (unpaired) electrons. The summed E-state index contributed by atoms with van der Waals surface area (Å²) in [5.74, 6) is -0.266. The predicted octanol–water partition coefficient (Wildman–Crippen LogP) is 2.21. The van der Waals surface area contributed by atoms with Gasteiger partial charge in [-0.15, -0.1) is 11.3 Å². The number of anilines is 1. The van der Waals surface area contributed by atoms with Gasteiger partial charge in [0.25, 0.3) is 10.0 Å². The molecule has 0 bridgehead atoms. The van der Waals surface area contributed by atoms with Gasteiger partial charge < -0.3 is 5.11 Å². The van der Waals surface area contributed by atoms with Gasteiger partial charge in [-0.25, -0.2) is 13.4 Å². The van der Waals surface area contributed by atoms with Crippen molar-refractivity contribution in [3.8, 4) is 5.75 Å². The molecule has 2 aromatic heterocycles. The topological polar surface area (TPSA) is 79.3 Å². The number of thiophene rings is 1. The second kappa shape index (κ2) is 4.95. The second-order valence-corrected chi connectivity index (χ2v) is 6.63. The van der Waals surface area contributed by atoms with Gasteiger partial charge in [-0.05, 0) is 30.7 Å². The average Bonchev–Trinajstić information content (AvgIpc) is 2.81. The van der Waals surface area contributed by atoms with E-state index < -0.39 is 10.0 Å². The summed E-state index contributed by atoms with van der Waals surface area (Å²) in [6, 6.07) is 6.22. The maximum atomic E-state index is 12.0. The molecule has 7 heteroatoms. The number of hydrogen-bond donors (Lipinski definition) is 2. The SMILES string of the molecule is CCc1ccc(S(=O)(=O)Nc2ncccc2O)s1. The standard InChI is InChI=1S/C11H12N2O3S2/c1-2-8-5-6-10(17-8)18(15,16)13-11-9(14)4-3-7-12-11/h3-7,14H,2H2,1H3,(H,12,13). The van der Waals surface area contributed by atoms with E-state index in [0.29, 0.717) is 0 Å². The Hall–Kier alpha value is -1.60. The van der Waals surface area contributed by atoms with Gasteiger partial charge in [-0.1, -0.05) is 6.92 Å². The van der Waals surface area contributed by atoms with Crippen molar-refractivity contribution in [3.63, 3.8) is 0 Å². The molecule has 0 aromatic carbocycles. The zero-order valence-electron chi connectivity index (χ0n) is 9.62. The molecule has 0 aliphatic rings. The molecule has 18 heavy (non-hydrogen) atoms. The predicted molar refractivity (Wildman–Crippen MR) is 70.4 cm³/mol. The van der Waals surface area contributed by atoms with E-state index in [2.05, 4.69) is 9.71 Å². The number of aromatic nitrogens is 1. The Morgan fingerprint density at radius 1 is 1.39 bits per heavy atom. The number of sulfonamides is 1. The molecular weight excluding hydrogens is 272 g/mol. The van der Waals surface area contributed by atoms with Crippen LogP contribution in [0.1, 0.15) is 11.8 Å². The summed E-state index contributed by atoms with van der Waals surface area (Å²) in [5.41, 5.74) is 0. The second-order valence-electron chi connectivity index (χ2n) is 3.55. The van der Waals surface area contributed by atoms with Crippen LogP contribution >= 0.6 is 11.3 Å². The van der Waals surface area contributed by atoms with Crippen LogP contribution in [0.15, 0.2) is 34.7 Å². The summed E-state index contributed by atoms with van der Waals surface area (Å²) in [6.45, 7) is 1.96. The van der Waals surface area contributed by atoms with E-state index in [9.17, 15) is 13.5 Å². The van der Waals surface area contributed by atoms with Crippen molar-refractivity contribution in [1.82, 2.24) is 4.98 Å². The third-order valence-electron chi connectivity index (χ3n) is 2.27. The Bertz CT molecular complexity index is 650. The van der Waals surface area contributed by atoms with Crippen LogP contribution in [0.3, 0.4) is 0 Å². The average molecular weight is 284 g/mol. The van der Waals surface area contributed by atoms with Crippen LogP contribution in [0.5, 0.6) is 5.75 Å². The monoisotopic (exact) mass is 284 g/mol. The van der Waals surface area contributed by atoms with E-state index in [1.165, 1.54) is 29.7 Å². The molecule has 0 amide bonds. The zero-order chi connectivity index (χ0) is 13.2. The number of hydrogen-bond acceptors (Lipinski definition) is 5. The van der Waals surface area contributed by atoms with Crippen molar-refractivity contribution >= 4 is 27.2 Å². The third-order valence-corrected chi connectivity index (χ3v) is 5.33. The molecule has 2 aromatic rings. The van der Waals surface area contributed by atoms with Gasteiger partial charge in [-0.3, -0.25) is 4.72 Å². The number of pyridine rings is 1. The van der Waals surface area contributed by atoms with Crippen molar-refractivity contribution in [2.75, 3.05) is 4.72 Å². The summed E-state index contributed by atoms with van der Waals surface area (Å²) in [7, 11) is -3.68. The van der Waals surface area contributed by atoms with Gasteiger partial charge in [0, 0.05) is 11.1 Å². The first-order valence-electron chi connectivity index (χ1n) is 5.28. The van der Waals surface area contributed by atoms with Crippen LogP contribution in [0, 0.1) is 0 Å². The number of aromatic hydroxyl groups is 1. The van der Waals surface area contributed by atoms with E-state index in [4.69, 9.17) is 0 Å². The lowest BCUT2D eigenvalue weighted by Crippen LogP contribution is -2.12. The van der Waals surface area contributed by atoms with Gasteiger partial charge in [0.1, 0.15) is 4.21 Å². The fraction of sp³-hybridized carbons (Fsp3) is 0.182. The lowest BCUT2D eigenvalue weighted by atomic mass is 10.4. The third kappa shape index (κ3) is 2.62. The van der Waals surface area contributed by atoms with Gasteiger partial charge in [0.15, 0.2) is 11.6 Å². The van der Waals surface area contributed by atoms with E-state index in [-0.39, 0.29) is 15.8 Å². The summed E-state index contributed by atoms with van der Waals surface area (Å²) in [4.78, 5) is 4.77. The number of aryl methyl sites for hydroxylation is 1. The first-order chi connectivity index (χ1) is 8.53. The molecule has 96 valence electrons. The maximum absolute atomic E-state index is 12.0. The van der Waals surface area contributed by atoms with Crippen molar-refractivity contribution in [2.24, 2.45) is 0 Å². The minimum absolute atomic E-state index is 0.0658. The number of rotatable bonds is 4. The van der Waals surface area contributed by atoms with Crippen LogP contribution in [-0.2, 0) is 16.4 Å². The molecule has 0 aliphatic heterocycles. The smallest absolute Gasteiger partial charge is 0.272 e. The van der Waals surface area contributed by atoms with Crippen LogP contribution < -0.4 is 4.72 Å². The lowest BCUT2D eigenvalue weighted by molar-refractivity contribution is 0.475. The van der Waals surface area contributed by atoms with E-state index in [1.54, 1.807) is 12.1 Å². The highest BCUT2D eigenvalue weighted by Crippen LogP contribution is 2.26. The van der Waals surface area contributed by atoms with Crippen LogP contribution in [0.25, 0.3) is 0 Å². The van der Waals surface area contributed by atoms with Crippen LogP contribution in [-0.4, -0.2) is 18.5 Å². The molecule has 5 nitrogen and oxygen atoms in total. The molecule has 0 atom stereocenters. The van der Waals surface area contributed by atoms with E-state index in [0.717, 1.165) is 11.3 Å². The summed E-state index contributed by atoms with van der Waals surface area (Å²) >= 11 is 1.21. The van der Waals surface area contributed by atoms with E-state index in [1.807, 2.05) is 6.92 Å². The minimum Gasteiger partial charge on any atom is -0.504 e. The molecule has 0 saturated heterocycles. The van der Waals surface area contributed by atoms with Crippen LogP contribution in [0.4, 0.5) is 5.82 Å². The summed E-state index contributed by atoms with van der Waals surface area (Å²) in [5, 5.41) is 9.49. The first kappa shape index (κ1) is 12.8. The normalized spacial score (nSPS) is 11.4. The van der Waals surface area contributed by atoms with Gasteiger partial charge in [-0.2, -0.15) is 0 Å². The lowest BCUT2D eigenvalue weighted by Gasteiger charge is -2.06. The van der Waals surface area contributed by atoms with Gasteiger partial charge in [0.05, 0.1) is 0 Å². The van der Waals surface area contributed by atoms with Gasteiger partial charge in [0.2, 0.25) is 0 Å². The number of nitrogens with zero attached hydrogens (tertiary/aromatic N) is 1. The summed E-state index contributed by atoms with van der Waals surface area (Å²) in [6.07, 6.45) is 2.19. The van der Waals surface area contributed by atoms with Crippen molar-refractivity contribution < 1.29 is 13.5 Å². The zero-order valence-corrected chi connectivity index (χ0v) is 11.3. The van der Waals surface area contributed by atoms with E-state index >= 15 is 0 Å². The highest BCUT2D eigenvalue weighted by atomic mass is 32.2. The van der Waals surface area contributed by atoms with Gasteiger partial charge >= 0.3 is 0 Å². The molecule has 0 spiro atoms. The Kier molecular flexibility index (Phi) is 3.53. The molecule has 2 N–H and O–H groups in total. The molecule has 0 aliphatic carbocycles. The van der Waals surface area contributed by atoms with Crippen molar-refractivity contribution in [3.05, 3.63) is 35.3 Å².